The van der Waals surface area contributed by atoms with Crippen LogP contribution in [-0.2, 0) is 9.84 Å². The Morgan fingerprint density at radius 3 is 2.27 bits per heavy atom. The summed E-state index contributed by atoms with van der Waals surface area (Å²) >= 11 is 0. The summed E-state index contributed by atoms with van der Waals surface area (Å²) in [6, 6.07) is 0.760. The van der Waals surface area contributed by atoms with Gasteiger partial charge in [0.1, 0.15) is 9.84 Å². The fourth-order valence-electron chi connectivity index (χ4n) is 1.61. The molecule has 0 heterocycles. The molecule has 0 aromatic rings. The minimum absolute atomic E-state index is 0.230. The summed E-state index contributed by atoms with van der Waals surface area (Å²) in [5, 5.41) is 3.24. The van der Waals surface area contributed by atoms with E-state index in [9.17, 15) is 8.42 Å². The quantitative estimate of drug-likeness (QED) is 0.693. The molecule has 92 valence electrons. The molecule has 0 saturated carbocycles. The van der Waals surface area contributed by atoms with Gasteiger partial charge in [-0.2, -0.15) is 0 Å². The van der Waals surface area contributed by atoms with Crippen molar-refractivity contribution in [2.45, 2.75) is 32.4 Å². The second-order valence-electron chi connectivity index (χ2n) is 4.15. The van der Waals surface area contributed by atoms with Gasteiger partial charge in [-0.1, -0.05) is 6.92 Å². The van der Waals surface area contributed by atoms with Gasteiger partial charge in [0.15, 0.2) is 0 Å². The number of rotatable bonds is 7. The molecule has 0 aliphatic rings. The first-order chi connectivity index (χ1) is 6.81. The molecule has 0 aromatic heterocycles. The Labute approximate surface area is 94.0 Å². The summed E-state index contributed by atoms with van der Waals surface area (Å²) in [5.74, 6) is 0.230. The van der Waals surface area contributed by atoms with Gasteiger partial charge in [0, 0.05) is 24.9 Å². The SMILES string of the molecule is CCC(NC)C(C)N(C)CCS(C)(=O)=O. The van der Waals surface area contributed by atoms with Crippen LogP contribution in [0.1, 0.15) is 20.3 Å². The molecule has 0 rings (SSSR count). The van der Waals surface area contributed by atoms with Crippen LogP contribution < -0.4 is 5.32 Å². The van der Waals surface area contributed by atoms with Crippen LogP contribution in [0.4, 0.5) is 0 Å². The first kappa shape index (κ1) is 14.9. The smallest absolute Gasteiger partial charge is 0.148 e. The number of likely N-dealkylation sites (N-methyl/N-ethyl adjacent to an activating group) is 2. The predicted octanol–water partition coefficient (Wildman–Crippen LogP) is 0.349. The Bertz CT molecular complexity index is 261. The number of nitrogens with zero attached hydrogens (tertiary/aromatic N) is 1. The van der Waals surface area contributed by atoms with E-state index in [1.807, 2.05) is 14.1 Å². The van der Waals surface area contributed by atoms with Crippen LogP contribution in [0.3, 0.4) is 0 Å². The topological polar surface area (TPSA) is 49.4 Å². The lowest BCUT2D eigenvalue weighted by atomic mass is 10.1. The lowest BCUT2D eigenvalue weighted by molar-refractivity contribution is 0.218. The van der Waals surface area contributed by atoms with Crippen molar-refractivity contribution in [3.63, 3.8) is 0 Å². The maximum atomic E-state index is 11.0. The Balaban J connectivity index is 4.14. The minimum Gasteiger partial charge on any atom is -0.315 e. The fraction of sp³-hybridized carbons (Fsp3) is 1.00. The summed E-state index contributed by atoms with van der Waals surface area (Å²) in [7, 11) is 1.05. The minimum atomic E-state index is -2.85. The number of hydrogen-bond donors (Lipinski definition) is 1. The van der Waals surface area contributed by atoms with Gasteiger partial charge in [0.25, 0.3) is 0 Å². The van der Waals surface area contributed by atoms with Gasteiger partial charge in [-0.15, -0.1) is 0 Å². The Kier molecular flexibility index (Phi) is 6.40. The summed E-state index contributed by atoms with van der Waals surface area (Å²) in [6.45, 7) is 4.84. The summed E-state index contributed by atoms with van der Waals surface area (Å²) in [6.07, 6.45) is 2.32. The molecule has 2 atom stereocenters. The van der Waals surface area contributed by atoms with Gasteiger partial charge < -0.3 is 10.2 Å². The first-order valence-electron chi connectivity index (χ1n) is 5.37. The van der Waals surface area contributed by atoms with E-state index in [1.165, 1.54) is 6.26 Å². The van der Waals surface area contributed by atoms with Crippen LogP contribution in [0.5, 0.6) is 0 Å². The lowest BCUT2D eigenvalue weighted by Crippen LogP contribution is -2.46. The normalized spacial score (nSPS) is 16.7. The molecule has 0 aliphatic carbocycles. The predicted molar refractivity (Wildman–Crippen MR) is 64.9 cm³/mol. The van der Waals surface area contributed by atoms with Crippen LogP contribution >= 0.6 is 0 Å². The summed E-state index contributed by atoms with van der Waals surface area (Å²) in [4.78, 5) is 2.09. The summed E-state index contributed by atoms with van der Waals surface area (Å²) in [5.41, 5.74) is 0. The standard InChI is InChI=1S/C10H24N2O2S/c1-6-10(11-3)9(2)12(4)7-8-15(5,13)14/h9-11H,6-8H2,1-5H3. The van der Waals surface area contributed by atoms with E-state index in [2.05, 4.69) is 24.1 Å². The van der Waals surface area contributed by atoms with Gasteiger partial charge in [-0.3, -0.25) is 0 Å². The zero-order valence-corrected chi connectivity index (χ0v) is 11.3. The molecule has 0 spiro atoms. The third-order valence-corrected chi connectivity index (χ3v) is 3.83. The monoisotopic (exact) mass is 236 g/mol. The largest absolute Gasteiger partial charge is 0.315 e. The van der Waals surface area contributed by atoms with Crippen LogP contribution in [-0.4, -0.2) is 58.1 Å². The van der Waals surface area contributed by atoms with Crippen LogP contribution in [0.2, 0.25) is 0 Å². The highest BCUT2D eigenvalue weighted by atomic mass is 32.2. The van der Waals surface area contributed by atoms with Crippen molar-refractivity contribution in [1.82, 2.24) is 10.2 Å². The van der Waals surface area contributed by atoms with E-state index in [4.69, 9.17) is 0 Å². The second-order valence-corrected chi connectivity index (χ2v) is 6.41. The van der Waals surface area contributed by atoms with Crippen molar-refractivity contribution in [1.29, 1.82) is 0 Å². The van der Waals surface area contributed by atoms with Gasteiger partial charge in [0.05, 0.1) is 5.75 Å². The molecule has 0 saturated heterocycles. The summed E-state index contributed by atoms with van der Waals surface area (Å²) < 4.78 is 22.0. The number of hydrogen-bond acceptors (Lipinski definition) is 4. The Morgan fingerprint density at radius 1 is 1.40 bits per heavy atom. The Hall–Kier alpha value is -0.130. The average Bonchev–Trinajstić information content (AvgIpc) is 2.14. The highest BCUT2D eigenvalue weighted by Gasteiger charge is 2.18. The van der Waals surface area contributed by atoms with Gasteiger partial charge in [-0.05, 0) is 27.4 Å². The Morgan fingerprint density at radius 2 is 1.93 bits per heavy atom. The first-order valence-corrected chi connectivity index (χ1v) is 7.43. The molecule has 0 aromatic carbocycles. The van der Waals surface area contributed by atoms with Gasteiger partial charge in [-0.25, -0.2) is 8.42 Å². The van der Waals surface area contributed by atoms with E-state index in [-0.39, 0.29) is 5.75 Å². The molecule has 4 nitrogen and oxygen atoms in total. The molecular weight excluding hydrogens is 212 g/mol. The molecule has 0 amide bonds. The van der Waals surface area contributed by atoms with Crippen molar-refractivity contribution in [3.8, 4) is 0 Å². The molecule has 15 heavy (non-hydrogen) atoms. The number of nitrogens with one attached hydrogen (secondary N) is 1. The zero-order chi connectivity index (χ0) is 12.1. The molecule has 0 fully saturated rings. The van der Waals surface area contributed by atoms with E-state index < -0.39 is 9.84 Å². The van der Waals surface area contributed by atoms with Crippen LogP contribution in [0.15, 0.2) is 0 Å². The van der Waals surface area contributed by atoms with Gasteiger partial charge >= 0.3 is 0 Å². The third-order valence-electron chi connectivity index (χ3n) is 2.90. The molecule has 0 radical (unpaired) electrons. The molecule has 0 bridgehead atoms. The third kappa shape index (κ3) is 6.12. The zero-order valence-electron chi connectivity index (χ0n) is 10.4. The van der Waals surface area contributed by atoms with Crippen molar-refractivity contribution < 1.29 is 8.42 Å². The molecule has 1 N–H and O–H groups in total. The maximum absolute atomic E-state index is 11.0. The van der Waals surface area contributed by atoms with Crippen molar-refractivity contribution in [3.05, 3.63) is 0 Å². The van der Waals surface area contributed by atoms with E-state index in [0.717, 1.165) is 6.42 Å². The van der Waals surface area contributed by atoms with Crippen LogP contribution in [0.25, 0.3) is 0 Å². The van der Waals surface area contributed by atoms with Crippen molar-refractivity contribution >= 4 is 9.84 Å². The van der Waals surface area contributed by atoms with Crippen LogP contribution in [0, 0.1) is 0 Å². The van der Waals surface area contributed by atoms with Gasteiger partial charge in [0.2, 0.25) is 0 Å². The number of sulfone groups is 1. The van der Waals surface area contributed by atoms with Crippen molar-refractivity contribution in [2.75, 3.05) is 32.6 Å². The highest BCUT2D eigenvalue weighted by Crippen LogP contribution is 2.05. The average molecular weight is 236 g/mol. The molecule has 2 unspecified atom stereocenters. The fourth-order valence-corrected chi connectivity index (χ4v) is 2.23. The van der Waals surface area contributed by atoms with Crippen molar-refractivity contribution in [2.24, 2.45) is 0 Å². The van der Waals surface area contributed by atoms with E-state index in [0.29, 0.717) is 18.6 Å². The second kappa shape index (κ2) is 6.45. The lowest BCUT2D eigenvalue weighted by Gasteiger charge is -2.31. The van der Waals surface area contributed by atoms with E-state index >= 15 is 0 Å². The highest BCUT2D eigenvalue weighted by molar-refractivity contribution is 7.90. The molecule has 5 heteroatoms. The maximum Gasteiger partial charge on any atom is 0.148 e. The molecule has 0 aliphatic heterocycles. The van der Waals surface area contributed by atoms with E-state index in [1.54, 1.807) is 0 Å². The molecular formula is C10H24N2O2S.